The van der Waals surface area contributed by atoms with E-state index < -0.39 is 5.60 Å². The second-order valence-electron chi connectivity index (χ2n) is 8.10. The van der Waals surface area contributed by atoms with E-state index >= 15 is 0 Å². The van der Waals surface area contributed by atoms with Gasteiger partial charge in [0.1, 0.15) is 5.60 Å². The van der Waals surface area contributed by atoms with Crippen molar-refractivity contribution in [1.29, 1.82) is 0 Å². The van der Waals surface area contributed by atoms with E-state index in [1.807, 2.05) is 27.7 Å². The van der Waals surface area contributed by atoms with Crippen LogP contribution in [0.1, 0.15) is 47.0 Å². The number of carbonyl (C=O) groups excluding carboxylic acids is 1. The van der Waals surface area contributed by atoms with Crippen molar-refractivity contribution >= 4 is 12.1 Å². The molecular formula is C19H38N4O4. The second-order valence-corrected chi connectivity index (χ2v) is 8.10. The molecule has 0 aliphatic carbocycles. The first kappa shape index (κ1) is 23.5. The molecule has 0 aromatic carbocycles. The quantitative estimate of drug-likeness (QED) is 0.411. The van der Waals surface area contributed by atoms with E-state index in [4.69, 9.17) is 9.47 Å². The molecule has 1 heterocycles. The molecule has 27 heavy (non-hydrogen) atoms. The number of aliphatic hydroxyl groups is 1. The van der Waals surface area contributed by atoms with Crippen LogP contribution in [-0.4, -0.2) is 80.7 Å². The second kappa shape index (κ2) is 11.3. The first-order chi connectivity index (χ1) is 12.7. The van der Waals surface area contributed by atoms with Crippen LogP contribution in [-0.2, 0) is 9.47 Å². The Morgan fingerprint density at radius 2 is 2.07 bits per heavy atom. The molecule has 0 saturated carbocycles. The lowest BCUT2D eigenvalue weighted by Crippen LogP contribution is -2.47. The summed E-state index contributed by atoms with van der Waals surface area (Å²) >= 11 is 0. The van der Waals surface area contributed by atoms with Crippen LogP contribution in [0.15, 0.2) is 4.99 Å². The number of amides is 1. The summed E-state index contributed by atoms with van der Waals surface area (Å²) in [5.74, 6) is 0.680. The lowest BCUT2D eigenvalue weighted by Gasteiger charge is -2.29. The van der Waals surface area contributed by atoms with E-state index in [1.54, 1.807) is 11.9 Å². The highest BCUT2D eigenvalue weighted by atomic mass is 16.6. The van der Waals surface area contributed by atoms with Gasteiger partial charge in [-0.15, -0.1) is 0 Å². The topological polar surface area (TPSA) is 95.4 Å². The first-order valence-corrected chi connectivity index (χ1v) is 9.86. The maximum atomic E-state index is 12.3. The van der Waals surface area contributed by atoms with E-state index in [9.17, 15) is 9.90 Å². The van der Waals surface area contributed by atoms with Crippen molar-refractivity contribution in [3.63, 3.8) is 0 Å². The summed E-state index contributed by atoms with van der Waals surface area (Å²) in [7, 11) is 1.72. The normalized spacial score (nSPS) is 20.4. The Hall–Kier alpha value is -1.54. The van der Waals surface area contributed by atoms with E-state index in [0.717, 1.165) is 19.4 Å². The summed E-state index contributed by atoms with van der Waals surface area (Å²) in [6.45, 7) is 11.6. The molecule has 1 atom stereocenters. The van der Waals surface area contributed by atoms with Crippen molar-refractivity contribution in [2.24, 2.45) is 10.4 Å². The van der Waals surface area contributed by atoms with Gasteiger partial charge in [-0.1, -0.05) is 6.92 Å². The Morgan fingerprint density at radius 1 is 1.33 bits per heavy atom. The summed E-state index contributed by atoms with van der Waals surface area (Å²) in [6, 6.07) is 0. The van der Waals surface area contributed by atoms with Crippen molar-refractivity contribution in [2.45, 2.75) is 52.6 Å². The van der Waals surface area contributed by atoms with Crippen molar-refractivity contribution in [3.05, 3.63) is 0 Å². The van der Waals surface area contributed by atoms with Crippen LogP contribution in [0.5, 0.6) is 0 Å². The Bertz CT molecular complexity index is 471. The fourth-order valence-corrected chi connectivity index (χ4v) is 3.00. The van der Waals surface area contributed by atoms with Gasteiger partial charge in [-0.05, 0) is 40.0 Å². The third kappa shape index (κ3) is 8.79. The van der Waals surface area contributed by atoms with Crippen molar-refractivity contribution in [1.82, 2.24) is 15.5 Å². The fourth-order valence-electron chi connectivity index (χ4n) is 3.00. The lowest BCUT2D eigenvalue weighted by molar-refractivity contribution is 0.0253. The molecule has 1 rings (SSSR count). The predicted octanol–water partition coefficient (Wildman–Crippen LogP) is 1.59. The Kier molecular flexibility index (Phi) is 9.87. The molecule has 0 aromatic heterocycles. The monoisotopic (exact) mass is 386 g/mol. The van der Waals surface area contributed by atoms with Crippen molar-refractivity contribution < 1.29 is 19.4 Å². The molecule has 0 spiro atoms. The third-order valence-electron chi connectivity index (χ3n) is 4.50. The molecule has 1 saturated heterocycles. The van der Waals surface area contributed by atoms with Crippen LogP contribution in [0.3, 0.4) is 0 Å². The fraction of sp³-hybridized carbons (Fsp3) is 0.895. The molecule has 3 N–H and O–H groups in total. The Balaban J connectivity index is 2.47. The van der Waals surface area contributed by atoms with Crippen molar-refractivity contribution in [2.75, 3.05) is 53.0 Å². The number of nitrogens with one attached hydrogen (secondary N) is 2. The largest absolute Gasteiger partial charge is 0.444 e. The minimum Gasteiger partial charge on any atom is -0.444 e. The van der Waals surface area contributed by atoms with E-state index in [1.165, 1.54) is 0 Å². The highest BCUT2D eigenvalue weighted by Crippen LogP contribution is 2.31. The van der Waals surface area contributed by atoms with Gasteiger partial charge in [0.15, 0.2) is 5.96 Å². The van der Waals surface area contributed by atoms with Gasteiger partial charge in [-0.3, -0.25) is 4.99 Å². The number of hydrogen-bond donors (Lipinski definition) is 3. The zero-order chi connectivity index (χ0) is 20.3. The number of ether oxygens (including phenoxy) is 2. The lowest BCUT2D eigenvalue weighted by atomic mass is 9.84. The van der Waals surface area contributed by atoms with Gasteiger partial charge in [-0.25, -0.2) is 4.79 Å². The molecule has 8 heteroatoms. The average molecular weight is 387 g/mol. The number of carbonyl (C=O) groups is 1. The SMILES string of the molecule is CCCN(CCNC(=NC)NCC1(CCO)CCOC1)C(=O)OC(C)(C)C. The van der Waals surface area contributed by atoms with Gasteiger partial charge in [0.25, 0.3) is 0 Å². The zero-order valence-electron chi connectivity index (χ0n) is 17.6. The number of guanidine groups is 1. The van der Waals surface area contributed by atoms with Gasteiger partial charge in [0, 0.05) is 51.9 Å². The number of aliphatic hydroxyl groups excluding tert-OH is 1. The zero-order valence-corrected chi connectivity index (χ0v) is 17.6. The molecule has 8 nitrogen and oxygen atoms in total. The van der Waals surface area contributed by atoms with Gasteiger partial charge in [0.2, 0.25) is 0 Å². The van der Waals surface area contributed by atoms with Gasteiger partial charge < -0.3 is 30.1 Å². The average Bonchev–Trinajstić information content (AvgIpc) is 3.04. The number of aliphatic imine (C=N–C) groups is 1. The molecule has 0 radical (unpaired) electrons. The molecule has 0 bridgehead atoms. The number of nitrogens with zero attached hydrogens (tertiary/aromatic N) is 2. The van der Waals surface area contributed by atoms with Gasteiger partial charge in [-0.2, -0.15) is 0 Å². The molecule has 1 fully saturated rings. The van der Waals surface area contributed by atoms with Gasteiger partial charge in [0.05, 0.1) is 6.61 Å². The van der Waals surface area contributed by atoms with E-state index in [-0.39, 0.29) is 18.1 Å². The minimum atomic E-state index is -0.502. The van der Waals surface area contributed by atoms with E-state index in [0.29, 0.717) is 45.2 Å². The molecule has 1 aliphatic rings. The summed E-state index contributed by atoms with van der Waals surface area (Å²) in [5.41, 5.74) is -0.546. The third-order valence-corrected chi connectivity index (χ3v) is 4.50. The number of rotatable bonds is 9. The van der Waals surface area contributed by atoms with Crippen LogP contribution < -0.4 is 10.6 Å². The maximum Gasteiger partial charge on any atom is 0.410 e. The summed E-state index contributed by atoms with van der Waals surface area (Å²) in [6.07, 6.45) is 2.22. The highest BCUT2D eigenvalue weighted by molar-refractivity contribution is 5.79. The standard InChI is InChI=1S/C19H38N4O4/c1-6-10-23(17(25)27-18(2,3)4)11-9-21-16(20-5)22-14-19(7-12-24)8-13-26-15-19/h24H,6-15H2,1-5H3,(H2,20,21,22). The summed E-state index contributed by atoms with van der Waals surface area (Å²) < 4.78 is 11.0. The van der Waals surface area contributed by atoms with Crippen LogP contribution in [0, 0.1) is 5.41 Å². The first-order valence-electron chi connectivity index (χ1n) is 9.86. The van der Waals surface area contributed by atoms with Crippen LogP contribution >= 0.6 is 0 Å². The van der Waals surface area contributed by atoms with E-state index in [2.05, 4.69) is 15.6 Å². The molecule has 1 aliphatic heterocycles. The smallest absolute Gasteiger partial charge is 0.410 e. The van der Waals surface area contributed by atoms with Crippen molar-refractivity contribution in [3.8, 4) is 0 Å². The predicted molar refractivity (Wildman–Crippen MR) is 107 cm³/mol. The Labute approximate surface area is 163 Å². The maximum absolute atomic E-state index is 12.3. The molecular weight excluding hydrogens is 348 g/mol. The summed E-state index contributed by atoms with van der Waals surface area (Å²) in [5, 5.41) is 15.9. The van der Waals surface area contributed by atoms with Crippen LogP contribution in [0.4, 0.5) is 4.79 Å². The van der Waals surface area contributed by atoms with Crippen LogP contribution in [0.25, 0.3) is 0 Å². The summed E-state index contributed by atoms with van der Waals surface area (Å²) in [4.78, 5) is 18.3. The molecule has 158 valence electrons. The highest BCUT2D eigenvalue weighted by Gasteiger charge is 2.34. The molecule has 1 amide bonds. The molecule has 1 unspecified atom stereocenters. The molecule has 0 aromatic rings. The number of hydrogen-bond acceptors (Lipinski definition) is 5. The van der Waals surface area contributed by atoms with Crippen LogP contribution in [0.2, 0.25) is 0 Å². The van der Waals surface area contributed by atoms with Gasteiger partial charge >= 0.3 is 6.09 Å². The Morgan fingerprint density at radius 3 is 2.59 bits per heavy atom. The minimum absolute atomic E-state index is 0.0445.